The van der Waals surface area contributed by atoms with Gasteiger partial charge < -0.3 is 10.1 Å². The molecule has 0 amide bonds. The third kappa shape index (κ3) is 2.89. The van der Waals surface area contributed by atoms with Crippen molar-refractivity contribution in [3.8, 4) is 0 Å². The highest BCUT2D eigenvalue weighted by Gasteiger charge is 2.45. The van der Waals surface area contributed by atoms with Gasteiger partial charge in [0.25, 0.3) is 0 Å². The number of hydrogen-bond acceptors (Lipinski definition) is 3. The van der Waals surface area contributed by atoms with Crippen LogP contribution in [0.2, 0.25) is 0 Å². The fourth-order valence-electron chi connectivity index (χ4n) is 3.72. The van der Waals surface area contributed by atoms with Crippen LogP contribution < -0.4 is 5.32 Å². The first-order valence-corrected chi connectivity index (χ1v) is 7.47. The van der Waals surface area contributed by atoms with E-state index in [4.69, 9.17) is 4.74 Å². The van der Waals surface area contributed by atoms with Gasteiger partial charge in [-0.1, -0.05) is 20.8 Å². The van der Waals surface area contributed by atoms with Crippen LogP contribution in [-0.4, -0.2) is 48.8 Å². The summed E-state index contributed by atoms with van der Waals surface area (Å²) in [5, 5.41) is 3.73. The molecule has 2 fully saturated rings. The lowest BCUT2D eigenvalue weighted by atomic mass is 9.86. The highest BCUT2D eigenvalue weighted by atomic mass is 16.5. The number of morpholine rings is 1. The van der Waals surface area contributed by atoms with Gasteiger partial charge in [0.1, 0.15) is 0 Å². The van der Waals surface area contributed by atoms with E-state index >= 15 is 0 Å². The van der Waals surface area contributed by atoms with Gasteiger partial charge in [-0.15, -0.1) is 0 Å². The molecule has 0 aromatic heterocycles. The second-order valence-corrected chi connectivity index (χ2v) is 7.21. The van der Waals surface area contributed by atoms with Crippen LogP contribution in [0.5, 0.6) is 0 Å². The second kappa shape index (κ2) is 5.10. The van der Waals surface area contributed by atoms with Gasteiger partial charge in [0.2, 0.25) is 0 Å². The third-order valence-corrected chi connectivity index (χ3v) is 4.66. The number of ether oxygens (including phenoxy) is 1. The summed E-state index contributed by atoms with van der Waals surface area (Å²) in [6.07, 6.45) is 2.65. The first kappa shape index (κ1) is 14.3. The van der Waals surface area contributed by atoms with Crippen molar-refractivity contribution in [2.45, 2.75) is 65.1 Å². The molecule has 3 heteroatoms. The molecule has 1 heterocycles. The number of nitrogens with one attached hydrogen (secondary N) is 1. The molecular weight excluding hydrogens is 224 g/mol. The molecule has 0 aromatic rings. The minimum absolute atomic E-state index is 0.0156. The Balaban J connectivity index is 2.07. The van der Waals surface area contributed by atoms with Crippen LogP contribution >= 0.6 is 0 Å². The highest BCUT2D eigenvalue weighted by molar-refractivity contribution is 5.02. The molecule has 18 heavy (non-hydrogen) atoms. The number of hydrogen-bond donors (Lipinski definition) is 1. The van der Waals surface area contributed by atoms with Crippen LogP contribution in [0.15, 0.2) is 0 Å². The average molecular weight is 254 g/mol. The smallest absolute Gasteiger partial charge is 0.0753 e. The van der Waals surface area contributed by atoms with E-state index in [0.29, 0.717) is 17.5 Å². The van der Waals surface area contributed by atoms with Crippen molar-refractivity contribution in [1.82, 2.24) is 10.2 Å². The third-order valence-electron chi connectivity index (χ3n) is 4.66. The quantitative estimate of drug-likeness (QED) is 0.836. The van der Waals surface area contributed by atoms with Crippen molar-refractivity contribution < 1.29 is 4.74 Å². The number of nitrogens with zero attached hydrogens (tertiary/aromatic N) is 1. The summed E-state index contributed by atoms with van der Waals surface area (Å²) >= 11 is 0. The summed E-state index contributed by atoms with van der Waals surface area (Å²) in [6, 6.07) is 1.31. The average Bonchev–Trinajstić information content (AvgIpc) is 2.54. The predicted molar refractivity (Wildman–Crippen MR) is 75.9 cm³/mol. The summed E-state index contributed by atoms with van der Waals surface area (Å²) in [4.78, 5) is 2.66. The van der Waals surface area contributed by atoms with Crippen molar-refractivity contribution in [2.24, 2.45) is 5.41 Å². The maximum atomic E-state index is 5.84. The van der Waals surface area contributed by atoms with Crippen molar-refractivity contribution >= 4 is 0 Å². The first-order valence-electron chi connectivity index (χ1n) is 7.47. The Morgan fingerprint density at radius 2 is 2.00 bits per heavy atom. The first-order chi connectivity index (χ1) is 8.36. The Morgan fingerprint density at radius 1 is 1.28 bits per heavy atom. The van der Waals surface area contributed by atoms with E-state index in [1.54, 1.807) is 0 Å². The number of likely N-dealkylation sites (N-methyl/N-ethyl adjacent to an activating group) is 1. The maximum Gasteiger partial charge on any atom is 0.0753 e. The molecule has 2 atom stereocenters. The fraction of sp³-hybridized carbons (Fsp3) is 1.00. The molecule has 0 aromatic carbocycles. The standard InChI is InChI=1S/C15H30N2O/c1-6-16-13-12(7-8-14(13,2)3)17-9-10-18-15(4,5)11-17/h12-13,16H,6-11H2,1-5H3. The Labute approximate surface area is 112 Å². The van der Waals surface area contributed by atoms with Gasteiger partial charge in [0.05, 0.1) is 12.2 Å². The molecule has 1 aliphatic carbocycles. The van der Waals surface area contributed by atoms with E-state index in [1.165, 1.54) is 12.8 Å². The molecule has 2 unspecified atom stereocenters. The second-order valence-electron chi connectivity index (χ2n) is 7.21. The topological polar surface area (TPSA) is 24.5 Å². The SMILES string of the molecule is CCNC1C(N2CCOC(C)(C)C2)CCC1(C)C. The van der Waals surface area contributed by atoms with E-state index in [-0.39, 0.29) is 5.60 Å². The monoisotopic (exact) mass is 254 g/mol. The van der Waals surface area contributed by atoms with Gasteiger partial charge in [-0.25, -0.2) is 0 Å². The minimum atomic E-state index is 0.0156. The Morgan fingerprint density at radius 3 is 2.61 bits per heavy atom. The van der Waals surface area contributed by atoms with E-state index in [2.05, 4.69) is 44.8 Å². The van der Waals surface area contributed by atoms with Crippen LogP contribution in [-0.2, 0) is 4.74 Å². The zero-order valence-corrected chi connectivity index (χ0v) is 12.8. The van der Waals surface area contributed by atoms with Crippen LogP contribution in [0.3, 0.4) is 0 Å². The zero-order chi connectivity index (χ0) is 13.4. The van der Waals surface area contributed by atoms with Crippen LogP contribution in [0.25, 0.3) is 0 Å². The maximum absolute atomic E-state index is 5.84. The Kier molecular flexibility index (Phi) is 4.05. The zero-order valence-electron chi connectivity index (χ0n) is 12.8. The van der Waals surface area contributed by atoms with Gasteiger partial charge in [0, 0.05) is 25.2 Å². The van der Waals surface area contributed by atoms with Crippen LogP contribution in [0, 0.1) is 5.41 Å². The largest absolute Gasteiger partial charge is 0.373 e. The molecule has 1 saturated carbocycles. The predicted octanol–water partition coefficient (Wildman–Crippen LogP) is 2.26. The Hall–Kier alpha value is -0.120. The lowest BCUT2D eigenvalue weighted by Crippen LogP contribution is -2.58. The van der Waals surface area contributed by atoms with Crippen LogP contribution in [0.1, 0.15) is 47.5 Å². The van der Waals surface area contributed by atoms with Gasteiger partial charge in [0.15, 0.2) is 0 Å². The lowest BCUT2D eigenvalue weighted by molar-refractivity contribution is -0.0999. The van der Waals surface area contributed by atoms with Crippen molar-refractivity contribution in [2.75, 3.05) is 26.2 Å². The summed E-state index contributed by atoms with van der Waals surface area (Å²) in [7, 11) is 0. The highest BCUT2D eigenvalue weighted by Crippen LogP contribution is 2.40. The van der Waals surface area contributed by atoms with Crippen LogP contribution in [0.4, 0.5) is 0 Å². The van der Waals surface area contributed by atoms with E-state index in [1.807, 2.05) is 0 Å². The summed E-state index contributed by atoms with van der Waals surface area (Å²) < 4.78 is 5.84. The molecule has 2 rings (SSSR count). The molecule has 1 saturated heterocycles. The molecule has 106 valence electrons. The molecular formula is C15H30N2O. The normalized spacial score (nSPS) is 35.8. The molecule has 0 spiro atoms. The fourth-order valence-corrected chi connectivity index (χ4v) is 3.72. The number of rotatable bonds is 3. The lowest BCUT2D eigenvalue weighted by Gasteiger charge is -2.44. The summed E-state index contributed by atoms with van der Waals surface area (Å²) in [6.45, 7) is 15.6. The molecule has 0 radical (unpaired) electrons. The molecule has 1 N–H and O–H groups in total. The Bertz CT molecular complexity index is 288. The van der Waals surface area contributed by atoms with E-state index < -0.39 is 0 Å². The van der Waals surface area contributed by atoms with Gasteiger partial charge in [-0.3, -0.25) is 4.90 Å². The molecule has 2 aliphatic rings. The van der Waals surface area contributed by atoms with Gasteiger partial charge in [-0.2, -0.15) is 0 Å². The van der Waals surface area contributed by atoms with Crippen molar-refractivity contribution in [3.05, 3.63) is 0 Å². The van der Waals surface area contributed by atoms with Gasteiger partial charge >= 0.3 is 0 Å². The van der Waals surface area contributed by atoms with Crippen molar-refractivity contribution in [1.29, 1.82) is 0 Å². The molecule has 0 bridgehead atoms. The molecule has 1 aliphatic heterocycles. The summed E-state index contributed by atoms with van der Waals surface area (Å²) in [5.74, 6) is 0. The molecule has 3 nitrogen and oxygen atoms in total. The van der Waals surface area contributed by atoms with E-state index in [0.717, 1.165) is 26.2 Å². The summed E-state index contributed by atoms with van der Waals surface area (Å²) in [5.41, 5.74) is 0.435. The van der Waals surface area contributed by atoms with Gasteiger partial charge in [-0.05, 0) is 38.6 Å². The minimum Gasteiger partial charge on any atom is -0.373 e. The van der Waals surface area contributed by atoms with E-state index in [9.17, 15) is 0 Å². The van der Waals surface area contributed by atoms with Crippen molar-refractivity contribution in [3.63, 3.8) is 0 Å².